The number of nitrogens with zero attached hydrogens (tertiary/aromatic N) is 3. The van der Waals surface area contributed by atoms with Crippen molar-refractivity contribution in [1.82, 2.24) is 25.6 Å². The summed E-state index contributed by atoms with van der Waals surface area (Å²) in [6, 6.07) is -0.674. The van der Waals surface area contributed by atoms with Crippen molar-refractivity contribution in [3.8, 4) is 0 Å². The Bertz CT molecular complexity index is 456. The number of hydrogen-bond donors (Lipinski definition) is 4. The molecule has 10 heteroatoms. The van der Waals surface area contributed by atoms with Gasteiger partial charge in [-0.05, 0) is 0 Å². The van der Waals surface area contributed by atoms with E-state index in [4.69, 9.17) is 10.8 Å². The van der Waals surface area contributed by atoms with Gasteiger partial charge in [0.25, 0.3) is 0 Å². The van der Waals surface area contributed by atoms with E-state index in [9.17, 15) is 14.4 Å². The molecule has 0 spiro atoms. The lowest BCUT2D eigenvalue weighted by Crippen LogP contribution is -2.38. The Morgan fingerprint density at radius 3 is 2.56 bits per heavy atom. The minimum Gasteiger partial charge on any atom is -0.476 e. The summed E-state index contributed by atoms with van der Waals surface area (Å²) < 4.78 is 1.10. The number of carboxylic acid groups (broad SMARTS) is 1. The molecule has 0 saturated carbocycles. The number of carbonyl (C=O) groups excluding carboxylic acids is 2. The first-order valence-electron chi connectivity index (χ1n) is 4.92. The fourth-order valence-corrected chi connectivity index (χ4v) is 1.06. The highest BCUT2D eigenvalue weighted by Crippen LogP contribution is 1.92. The molecule has 5 N–H and O–H groups in total. The molecule has 98 valence electrons. The van der Waals surface area contributed by atoms with Gasteiger partial charge in [0.05, 0.1) is 6.20 Å². The first kappa shape index (κ1) is 13.4. The van der Waals surface area contributed by atoms with Gasteiger partial charge in [-0.3, -0.25) is 4.79 Å². The third-order valence-corrected chi connectivity index (χ3v) is 1.81. The molecule has 18 heavy (non-hydrogen) atoms. The zero-order valence-electron chi connectivity index (χ0n) is 9.29. The molecule has 0 aliphatic carbocycles. The monoisotopic (exact) mass is 256 g/mol. The van der Waals surface area contributed by atoms with Gasteiger partial charge < -0.3 is 21.5 Å². The summed E-state index contributed by atoms with van der Waals surface area (Å²) in [4.78, 5) is 32.2. The van der Waals surface area contributed by atoms with Gasteiger partial charge in [-0.1, -0.05) is 5.21 Å². The van der Waals surface area contributed by atoms with Crippen LogP contribution in [0.4, 0.5) is 4.79 Å². The number of hydrogen-bond acceptors (Lipinski definition) is 5. The quantitative estimate of drug-likeness (QED) is 0.422. The van der Waals surface area contributed by atoms with E-state index in [1.165, 1.54) is 0 Å². The number of rotatable bonds is 6. The van der Waals surface area contributed by atoms with Crippen LogP contribution >= 0.6 is 0 Å². The van der Waals surface area contributed by atoms with Crippen molar-refractivity contribution in [3.63, 3.8) is 0 Å². The van der Waals surface area contributed by atoms with Gasteiger partial charge >= 0.3 is 12.0 Å². The number of aromatic carboxylic acids is 1. The summed E-state index contributed by atoms with van der Waals surface area (Å²) in [6.45, 7) is 0.262. The number of nitrogens with one attached hydrogen (secondary N) is 2. The highest BCUT2D eigenvalue weighted by Gasteiger charge is 2.10. The lowest BCUT2D eigenvalue weighted by atomic mass is 10.5. The number of amides is 3. The molecule has 1 aromatic rings. The Morgan fingerprint density at radius 1 is 1.33 bits per heavy atom. The van der Waals surface area contributed by atoms with E-state index in [1.54, 1.807) is 0 Å². The molecule has 10 nitrogen and oxygen atoms in total. The van der Waals surface area contributed by atoms with Crippen LogP contribution < -0.4 is 16.4 Å². The topological polar surface area (TPSA) is 152 Å². The predicted molar refractivity (Wildman–Crippen MR) is 57.6 cm³/mol. The van der Waals surface area contributed by atoms with Crippen LogP contribution in [0.25, 0.3) is 0 Å². The lowest BCUT2D eigenvalue weighted by molar-refractivity contribution is -0.121. The molecule has 0 saturated heterocycles. The SMILES string of the molecule is NC(=O)NCCNC(=O)Cn1cc(C(=O)O)nn1. The fraction of sp³-hybridized carbons (Fsp3) is 0.375. The third kappa shape index (κ3) is 4.47. The Kier molecular flexibility index (Phi) is 4.60. The van der Waals surface area contributed by atoms with E-state index in [2.05, 4.69) is 20.9 Å². The molecule has 0 bridgehead atoms. The van der Waals surface area contributed by atoms with E-state index in [0.29, 0.717) is 0 Å². The van der Waals surface area contributed by atoms with E-state index in [0.717, 1.165) is 10.9 Å². The van der Waals surface area contributed by atoms with Crippen LogP contribution in [0.5, 0.6) is 0 Å². The number of aromatic nitrogens is 3. The molecule has 0 atom stereocenters. The molecular formula is C8H12N6O4. The van der Waals surface area contributed by atoms with E-state index < -0.39 is 12.0 Å². The van der Waals surface area contributed by atoms with Crippen molar-refractivity contribution in [2.45, 2.75) is 6.54 Å². The first-order chi connectivity index (χ1) is 8.49. The van der Waals surface area contributed by atoms with Crippen molar-refractivity contribution in [2.24, 2.45) is 5.73 Å². The number of carboxylic acids is 1. The maximum absolute atomic E-state index is 11.3. The van der Waals surface area contributed by atoms with Gasteiger partial charge in [0, 0.05) is 13.1 Å². The Hall–Kier alpha value is -2.65. The number of carbonyl (C=O) groups is 3. The maximum Gasteiger partial charge on any atom is 0.358 e. The van der Waals surface area contributed by atoms with E-state index in [-0.39, 0.29) is 31.2 Å². The third-order valence-electron chi connectivity index (χ3n) is 1.81. The summed E-state index contributed by atoms with van der Waals surface area (Å²) >= 11 is 0. The van der Waals surface area contributed by atoms with Crippen molar-refractivity contribution in [3.05, 3.63) is 11.9 Å². The first-order valence-corrected chi connectivity index (χ1v) is 4.92. The molecule has 1 rings (SSSR count). The second kappa shape index (κ2) is 6.18. The molecule has 0 aliphatic heterocycles. The van der Waals surface area contributed by atoms with Gasteiger partial charge in [-0.15, -0.1) is 5.10 Å². The zero-order valence-corrected chi connectivity index (χ0v) is 9.29. The van der Waals surface area contributed by atoms with Crippen LogP contribution in [0.3, 0.4) is 0 Å². The number of primary amides is 1. The summed E-state index contributed by atoms with van der Waals surface area (Å²) in [5.41, 5.74) is 4.59. The Labute approximate surface area is 101 Å². The minimum atomic E-state index is -1.22. The molecule has 3 amide bonds. The fourth-order valence-electron chi connectivity index (χ4n) is 1.06. The van der Waals surface area contributed by atoms with Crippen LogP contribution in [0.1, 0.15) is 10.5 Å². The van der Waals surface area contributed by atoms with E-state index >= 15 is 0 Å². The van der Waals surface area contributed by atoms with E-state index in [1.807, 2.05) is 0 Å². The molecule has 1 heterocycles. The largest absolute Gasteiger partial charge is 0.476 e. The van der Waals surface area contributed by atoms with Crippen molar-refractivity contribution in [2.75, 3.05) is 13.1 Å². The average molecular weight is 256 g/mol. The summed E-state index contributed by atoms with van der Waals surface area (Å²) in [7, 11) is 0. The summed E-state index contributed by atoms with van der Waals surface area (Å²) in [6.07, 6.45) is 1.14. The second-order valence-electron chi connectivity index (χ2n) is 3.25. The summed E-state index contributed by atoms with van der Waals surface area (Å²) in [5.74, 6) is -1.60. The smallest absolute Gasteiger partial charge is 0.358 e. The van der Waals surface area contributed by atoms with Gasteiger partial charge in [-0.25, -0.2) is 14.3 Å². The highest BCUT2D eigenvalue weighted by molar-refractivity contribution is 5.84. The van der Waals surface area contributed by atoms with Gasteiger partial charge in [0.2, 0.25) is 5.91 Å². The molecule has 0 unspecified atom stereocenters. The molecule has 0 aromatic carbocycles. The van der Waals surface area contributed by atoms with Crippen molar-refractivity contribution < 1.29 is 19.5 Å². The second-order valence-corrected chi connectivity index (χ2v) is 3.25. The predicted octanol–water partition coefficient (Wildman–Crippen LogP) is -2.24. The van der Waals surface area contributed by atoms with Crippen LogP contribution in [-0.4, -0.2) is 51.1 Å². The average Bonchev–Trinajstić information content (AvgIpc) is 2.72. The normalized spacial score (nSPS) is 9.78. The Morgan fingerprint density at radius 2 is 2.00 bits per heavy atom. The van der Waals surface area contributed by atoms with Gasteiger partial charge in [0.15, 0.2) is 5.69 Å². The molecule has 0 aliphatic rings. The van der Waals surface area contributed by atoms with Crippen LogP contribution in [-0.2, 0) is 11.3 Å². The van der Waals surface area contributed by atoms with Crippen LogP contribution in [0, 0.1) is 0 Å². The molecule has 1 aromatic heterocycles. The molecule has 0 radical (unpaired) electrons. The van der Waals surface area contributed by atoms with Crippen molar-refractivity contribution in [1.29, 1.82) is 0 Å². The molecular weight excluding hydrogens is 244 g/mol. The lowest BCUT2D eigenvalue weighted by Gasteiger charge is -2.04. The van der Waals surface area contributed by atoms with Crippen LogP contribution in [0.2, 0.25) is 0 Å². The summed E-state index contributed by atoms with van der Waals surface area (Å²) in [5, 5.41) is 20.2. The molecule has 0 fully saturated rings. The standard InChI is InChI=1S/C8H12N6O4/c9-8(18)11-2-1-10-6(15)4-14-3-5(7(16)17)12-13-14/h3H,1-2,4H2,(H,10,15)(H,16,17)(H3,9,11,18). The maximum atomic E-state index is 11.3. The van der Waals surface area contributed by atoms with Crippen molar-refractivity contribution >= 4 is 17.9 Å². The number of nitrogens with two attached hydrogens (primary N) is 1. The Balaban J connectivity index is 2.31. The highest BCUT2D eigenvalue weighted by atomic mass is 16.4. The minimum absolute atomic E-state index is 0.156. The van der Waals surface area contributed by atoms with Crippen LogP contribution in [0.15, 0.2) is 6.20 Å². The zero-order chi connectivity index (χ0) is 13.5. The number of urea groups is 1. The van der Waals surface area contributed by atoms with Gasteiger partial charge in [-0.2, -0.15) is 0 Å². The van der Waals surface area contributed by atoms with Gasteiger partial charge in [0.1, 0.15) is 6.54 Å².